The molecule has 0 spiro atoms. The van der Waals surface area contributed by atoms with Crippen LogP contribution in [0.3, 0.4) is 0 Å². The van der Waals surface area contributed by atoms with Gasteiger partial charge in [0.05, 0.1) is 49.5 Å². The molecular weight excluding hydrogens is 771 g/mol. The molecule has 2 heterocycles. The first-order chi connectivity index (χ1) is 28.1. The molecule has 0 bridgehead atoms. The highest BCUT2D eigenvalue weighted by Gasteiger charge is 2.23. The van der Waals surface area contributed by atoms with E-state index in [0.717, 1.165) is 79.6 Å². The summed E-state index contributed by atoms with van der Waals surface area (Å²) in [4.78, 5) is 38.4. The van der Waals surface area contributed by atoms with E-state index < -0.39 is 10.0 Å². The Morgan fingerprint density at radius 3 is 2.46 bits per heavy atom. The predicted molar refractivity (Wildman–Crippen MR) is 233 cm³/mol. The van der Waals surface area contributed by atoms with Crippen molar-refractivity contribution in [3.8, 4) is 22.6 Å². The van der Waals surface area contributed by atoms with Gasteiger partial charge in [-0.2, -0.15) is 0 Å². The van der Waals surface area contributed by atoms with Gasteiger partial charge in [-0.25, -0.2) is 18.4 Å². The number of hydrogen-bond donors (Lipinski definition) is 4. The maximum atomic E-state index is 13.8. The monoisotopic (exact) mass is 823 g/mol. The third-order valence-corrected chi connectivity index (χ3v) is 10.6. The second-order valence-electron chi connectivity index (χ2n) is 15.6. The average molecular weight is 824 g/mol. The molecule has 59 heavy (non-hydrogen) atoms. The van der Waals surface area contributed by atoms with Gasteiger partial charge in [0.15, 0.2) is 5.75 Å². The van der Waals surface area contributed by atoms with Crippen molar-refractivity contribution in [3.63, 3.8) is 0 Å². The van der Waals surface area contributed by atoms with E-state index in [1.165, 1.54) is 14.2 Å². The molecule has 0 atom stereocenters. The Morgan fingerprint density at radius 1 is 0.915 bits per heavy atom. The number of amides is 2. The van der Waals surface area contributed by atoms with E-state index in [0.29, 0.717) is 46.3 Å². The Labute approximate surface area is 346 Å². The molecule has 6 rings (SSSR count). The fourth-order valence-corrected chi connectivity index (χ4v) is 7.44. The summed E-state index contributed by atoms with van der Waals surface area (Å²) in [6, 6.07) is 20.0. The van der Waals surface area contributed by atoms with Gasteiger partial charge >= 0.3 is 0 Å². The largest absolute Gasteiger partial charge is 0.496 e. The summed E-state index contributed by atoms with van der Waals surface area (Å²) in [6.07, 6.45) is 4.67. The van der Waals surface area contributed by atoms with Crippen LogP contribution in [-0.4, -0.2) is 95.0 Å². The van der Waals surface area contributed by atoms with Gasteiger partial charge in [0.1, 0.15) is 5.75 Å². The van der Waals surface area contributed by atoms with E-state index in [1.807, 2.05) is 58.0 Å². The molecule has 312 valence electrons. The van der Waals surface area contributed by atoms with Crippen LogP contribution in [0.15, 0.2) is 72.9 Å². The highest BCUT2D eigenvalue weighted by Crippen LogP contribution is 2.39. The number of benzene rings is 4. The number of hydrogen-bond acceptors (Lipinski definition) is 11. The molecule has 4 N–H and O–H groups in total. The summed E-state index contributed by atoms with van der Waals surface area (Å²) in [5.74, 6) is 0.420. The number of ether oxygens (including phenoxy) is 3. The van der Waals surface area contributed by atoms with Crippen molar-refractivity contribution < 1.29 is 32.2 Å². The number of carbonyl (C=O) groups excluding carboxylic acids is 2. The van der Waals surface area contributed by atoms with Crippen LogP contribution in [0.5, 0.6) is 11.5 Å². The summed E-state index contributed by atoms with van der Waals surface area (Å²) in [6.45, 7) is 12.9. The number of carbonyl (C=O) groups is 2. The van der Waals surface area contributed by atoms with E-state index in [4.69, 9.17) is 19.2 Å². The van der Waals surface area contributed by atoms with Crippen LogP contribution in [-0.2, 0) is 20.2 Å². The average Bonchev–Trinajstić information content (AvgIpc) is 3.47. The number of nitrogens with one attached hydrogen (secondary N) is 4. The number of methoxy groups -OCH3 is 2. The summed E-state index contributed by atoms with van der Waals surface area (Å²) in [7, 11) is -0.673. The SMILES string of the molecule is COc1cc(Nc2ncc3cc(-c4cc(C(=O)Nc5cc(C(C)(C)C)cc(NS(C)(=O)=O)c5OC)ccc4C)ccc3n2)ccc1C(=O)NCCCN1CCCOCC1. The minimum atomic E-state index is -3.63. The number of aryl methyl sites for hydroxylation is 1. The van der Waals surface area contributed by atoms with Crippen molar-refractivity contribution in [2.75, 3.05) is 75.2 Å². The molecule has 0 radical (unpaired) electrons. The third-order valence-electron chi connectivity index (χ3n) is 10.0. The van der Waals surface area contributed by atoms with Crippen molar-refractivity contribution >= 4 is 55.8 Å². The Kier molecular flexibility index (Phi) is 13.4. The Morgan fingerprint density at radius 2 is 1.71 bits per heavy atom. The number of rotatable bonds is 14. The molecule has 1 saturated heterocycles. The van der Waals surface area contributed by atoms with Crippen LogP contribution in [0.1, 0.15) is 65.5 Å². The second kappa shape index (κ2) is 18.4. The molecule has 15 heteroatoms. The lowest BCUT2D eigenvalue weighted by Gasteiger charge is -2.24. The summed E-state index contributed by atoms with van der Waals surface area (Å²) < 4.78 is 43.6. The van der Waals surface area contributed by atoms with Crippen LogP contribution in [0.4, 0.5) is 23.0 Å². The van der Waals surface area contributed by atoms with Crippen molar-refractivity contribution in [2.24, 2.45) is 0 Å². The van der Waals surface area contributed by atoms with Gasteiger partial charge in [-0.1, -0.05) is 32.9 Å². The van der Waals surface area contributed by atoms with E-state index in [9.17, 15) is 18.0 Å². The zero-order chi connectivity index (χ0) is 42.3. The lowest BCUT2D eigenvalue weighted by molar-refractivity contribution is 0.0947. The fourth-order valence-electron chi connectivity index (χ4n) is 6.89. The van der Waals surface area contributed by atoms with Crippen LogP contribution in [0.25, 0.3) is 22.0 Å². The van der Waals surface area contributed by atoms with Gasteiger partial charge in [-0.05, 0) is 103 Å². The van der Waals surface area contributed by atoms with Gasteiger partial charge < -0.3 is 35.1 Å². The molecule has 0 unspecified atom stereocenters. The van der Waals surface area contributed by atoms with Gasteiger partial charge in [-0.15, -0.1) is 0 Å². The maximum Gasteiger partial charge on any atom is 0.255 e. The van der Waals surface area contributed by atoms with Crippen LogP contribution >= 0.6 is 0 Å². The molecule has 1 aromatic heterocycles. The van der Waals surface area contributed by atoms with E-state index in [1.54, 1.807) is 42.6 Å². The zero-order valence-electron chi connectivity index (χ0n) is 34.7. The van der Waals surface area contributed by atoms with E-state index >= 15 is 0 Å². The Hall–Kier alpha value is -5.77. The van der Waals surface area contributed by atoms with Crippen molar-refractivity contribution in [1.82, 2.24) is 20.2 Å². The van der Waals surface area contributed by atoms with Crippen molar-refractivity contribution in [1.29, 1.82) is 0 Å². The van der Waals surface area contributed by atoms with Gasteiger partial charge in [0, 0.05) is 55.1 Å². The summed E-state index contributed by atoms with van der Waals surface area (Å²) in [5, 5.41) is 9.98. The minimum Gasteiger partial charge on any atom is -0.496 e. The smallest absolute Gasteiger partial charge is 0.255 e. The van der Waals surface area contributed by atoms with Gasteiger partial charge in [0.25, 0.3) is 11.8 Å². The van der Waals surface area contributed by atoms with Gasteiger partial charge in [-0.3, -0.25) is 14.3 Å². The summed E-state index contributed by atoms with van der Waals surface area (Å²) in [5.41, 5.74) is 5.92. The molecule has 0 saturated carbocycles. The Balaban J connectivity index is 1.15. The highest BCUT2D eigenvalue weighted by atomic mass is 32.2. The maximum absolute atomic E-state index is 13.8. The number of sulfonamides is 1. The summed E-state index contributed by atoms with van der Waals surface area (Å²) >= 11 is 0. The van der Waals surface area contributed by atoms with Crippen LogP contribution < -0.4 is 30.1 Å². The zero-order valence-corrected chi connectivity index (χ0v) is 35.5. The van der Waals surface area contributed by atoms with Crippen LogP contribution in [0.2, 0.25) is 0 Å². The first kappa shape index (κ1) is 42.8. The molecule has 4 aromatic carbocycles. The van der Waals surface area contributed by atoms with Gasteiger partial charge in [0.2, 0.25) is 16.0 Å². The quantitative estimate of drug-likeness (QED) is 0.0840. The molecular formula is C44H53N7O7S. The minimum absolute atomic E-state index is 0.198. The van der Waals surface area contributed by atoms with Crippen molar-refractivity contribution in [2.45, 2.75) is 46.0 Å². The normalized spacial score (nSPS) is 13.7. The molecule has 2 amide bonds. The Bertz CT molecular complexity index is 2440. The third kappa shape index (κ3) is 11.0. The molecule has 0 aliphatic carbocycles. The molecule has 5 aromatic rings. The lowest BCUT2D eigenvalue weighted by Crippen LogP contribution is -2.31. The topological polar surface area (TPSA) is 173 Å². The van der Waals surface area contributed by atoms with E-state index in [2.05, 4.69) is 30.6 Å². The first-order valence-corrected chi connectivity index (χ1v) is 21.4. The predicted octanol–water partition coefficient (Wildman–Crippen LogP) is 7.13. The fraction of sp³-hybridized carbons (Fsp3) is 0.364. The number of anilines is 4. The molecule has 1 aliphatic rings. The molecule has 1 fully saturated rings. The number of fused-ring (bicyclic) bond motifs is 1. The van der Waals surface area contributed by atoms with Crippen molar-refractivity contribution in [3.05, 3.63) is 95.2 Å². The molecule has 14 nitrogen and oxygen atoms in total. The van der Waals surface area contributed by atoms with Crippen LogP contribution in [0, 0.1) is 6.92 Å². The number of aromatic nitrogens is 2. The first-order valence-electron chi connectivity index (χ1n) is 19.5. The van der Waals surface area contributed by atoms with E-state index in [-0.39, 0.29) is 28.7 Å². The lowest BCUT2D eigenvalue weighted by atomic mass is 9.86. The standard InChI is InChI=1S/C44H53N7O7S/c1-28-10-11-30(41(52)48-37-24-32(44(2,3)4)25-38(40(37)57-6)50-59(7,54)55)23-35(28)29-12-15-36-31(22-29)27-46-43(49-36)47-33-13-14-34(39(26-33)56-5)42(53)45-16-8-17-51-18-9-20-58-21-19-51/h10-15,22-27,50H,8-9,16-21H2,1-7H3,(H,45,53)(H,48,52)(H,46,47,49). The highest BCUT2D eigenvalue weighted by molar-refractivity contribution is 7.92. The second-order valence-corrected chi connectivity index (χ2v) is 17.4. The molecule has 1 aliphatic heterocycles. The number of nitrogens with zero attached hydrogens (tertiary/aromatic N) is 3.